The molecule has 1 N–H and O–H groups in total. The van der Waals surface area contributed by atoms with Gasteiger partial charge in [0, 0.05) is 23.1 Å². The molecular formula is C22H23N. The summed E-state index contributed by atoms with van der Waals surface area (Å²) < 4.78 is 0. The molecule has 0 saturated heterocycles. The van der Waals surface area contributed by atoms with E-state index in [0.29, 0.717) is 11.8 Å². The standard InChI is InChI=1S/C22H23N/c23-22(17-10-2-1-3-11-17)21-15-19-13-7-6-12-18(19)14-20(21)16-8-4-5-9-16/h4-9,12-17,23H,1-3,10-11H2. The Hall–Kier alpha value is -2.15. The minimum atomic E-state index is 0.318. The van der Waals surface area contributed by atoms with E-state index in [4.69, 9.17) is 5.41 Å². The van der Waals surface area contributed by atoms with Crippen molar-refractivity contribution in [1.82, 2.24) is 0 Å². The Morgan fingerprint density at radius 2 is 1.52 bits per heavy atom. The normalized spacial score (nSPS) is 18.8. The molecule has 2 aliphatic rings. The van der Waals surface area contributed by atoms with Crippen LogP contribution in [-0.2, 0) is 0 Å². The summed E-state index contributed by atoms with van der Waals surface area (Å²) in [5.41, 5.74) is 3.32. The number of allylic oxidation sites excluding steroid dienone is 4. The fourth-order valence-corrected chi connectivity index (χ4v) is 4.02. The van der Waals surface area contributed by atoms with Gasteiger partial charge in [0.25, 0.3) is 0 Å². The minimum Gasteiger partial charge on any atom is -0.304 e. The van der Waals surface area contributed by atoms with Crippen molar-refractivity contribution in [2.45, 2.75) is 38.0 Å². The van der Waals surface area contributed by atoms with Crippen molar-refractivity contribution < 1.29 is 0 Å². The molecule has 2 aromatic rings. The summed E-state index contributed by atoms with van der Waals surface area (Å²) in [4.78, 5) is 0. The lowest BCUT2D eigenvalue weighted by atomic mass is 9.80. The topological polar surface area (TPSA) is 23.9 Å². The fraction of sp³-hybridized carbons (Fsp3) is 0.318. The quantitative estimate of drug-likeness (QED) is 0.672. The van der Waals surface area contributed by atoms with Gasteiger partial charge in [-0.2, -0.15) is 0 Å². The Bertz CT molecular complexity index is 779. The Kier molecular flexibility index (Phi) is 3.87. The van der Waals surface area contributed by atoms with Gasteiger partial charge in [-0.3, -0.25) is 0 Å². The lowest BCUT2D eigenvalue weighted by Gasteiger charge is -2.25. The van der Waals surface area contributed by atoms with E-state index in [1.165, 1.54) is 48.4 Å². The summed E-state index contributed by atoms with van der Waals surface area (Å²) >= 11 is 0. The van der Waals surface area contributed by atoms with E-state index < -0.39 is 0 Å². The zero-order valence-electron chi connectivity index (χ0n) is 13.5. The summed E-state index contributed by atoms with van der Waals surface area (Å²) in [7, 11) is 0. The highest BCUT2D eigenvalue weighted by atomic mass is 14.5. The van der Waals surface area contributed by atoms with E-state index in [9.17, 15) is 0 Å². The van der Waals surface area contributed by atoms with Gasteiger partial charge in [0.1, 0.15) is 0 Å². The van der Waals surface area contributed by atoms with Gasteiger partial charge < -0.3 is 5.41 Å². The third-order valence-corrected chi connectivity index (χ3v) is 5.33. The van der Waals surface area contributed by atoms with Crippen LogP contribution in [0.25, 0.3) is 10.8 Å². The van der Waals surface area contributed by atoms with Crippen molar-refractivity contribution in [1.29, 1.82) is 5.41 Å². The van der Waals surface area contributed by atoms with Crippen molar-refractivity contribution in [2.24, 2.45) is 5.92 Å². The van der Waals surface area contributed by atoms with Crippen molar-refractivity contribution in [3.63, 3.8) is 0 Å². The minimum absolute atomic E-state index is 0.318. The SMILES string of the molecule is N=C(c1cc2ccccc2cc1C1C=CC=C1)C1CCCCC1. The van der Waals surface area contributed by atoms with Gasteiger partial charge in [-0.1, -0.05) is 67.8 Å². The second kappa shape index (κ2) is 6.16. The van der Waals surface area contributed by atoms with Crippen LogP contribution in [0.15, 0.2) is 60.7 Å². The monoisotopic (exact) mass is 301 g/mol. The molecule has 0 amide bonds. The molecule has 1 saturated carbocycles. The van der Waals surface area contributed by atoms with Gasteiger partial charge >= 0.3 is 0 Å². The second-order valence-electron chi connectivity index (χ2n) is 6.83. The smallest absolute Gasteiger partial charge is 0.0420 e. The lowest BCUT2D eigenvalue weighted by Crippen LogP contribution is -2.19. The maximum Gasteiger partial charge on any atom is 0.0420 e. The number of hydrogen-bond donors (Lipinski definition) is 1. The van der Waals surface area contributed by atoms with Crippen LogP contribution in [0.4, 0.5) is 0 Å². The Balaban J connectivity index is 1.82. The van der Waals surface area contributed by atoms with Crippen molar-refractivity contribution in [3.8, 4) is 0 Å². The lowest BCUT2D eigenvalue weighted by molar-refractivity contribution is 0.438. The number of hydrogen-bond acceptors (Lipinski definition) is 1. The molecule has 0 heterocycles. The van der Waals surface area contributed by atoms with E-state index >= 15 is 0 Å². The molecule has 1 heteroatoms. The molecule has 0 aromatic heterocycles. The predicted molar refractivity (Wildman–Crippen MR) is 98.4 cm³/mol. The van der Waals surface area contributed by atoms with Crippen molar-refractivity contribution in [2.75, 3.05) is 0 Å². The Morgan fingerprint density at radius 3 is 2.22 bits per heavy atom. The molecule has 1 fully saturated rings. The average Bonchev–Trinajstić information content (AvgIpc) is 3.15. The third kappa shape index (κ3) is 2.76. The predicted octanol–water partition coefficient (Wildman–Crippen LogP) is 6.00. The zero-order chi connectivity index (χ0) is 15.6. The molecule has 1 nitrogen and oxygen atoms in total. The highest BCUT2D eigenvalue weighted by Gasteiger charge is 2.23. The van der Waals surface area contributed by atoms with E-state index in [1.54, 1.807) is 0 Å². The summed E-state index contributed by atoms with van der Waals surface area (Å²) in [5.74, 6) is 0.761. The van der Waals surface area contributed by atoms with Crippen molar-refractivity contribution in [3.05, 3.63) is 71.8 Å². The van der Waals surface area contributed by atoms with E-state index in [2.05, 4.69) is 60.7 Å². The summed E-state index contributed by atoms with van der Waals surface area (Å²) in [5, 5.41) is 11.4. The Morgan fingerprint density at radius 1 is 0.870 bits per heavy atom. The van der Waals surface area contributed by atoms with Crippen LogP contribution in [0.5, 0.6) is 0 Å². The Labute approximate surface area is 138 Å². The fourth-order valence-electron chi connectivity index (χ4n) is 4.02. The van der Waals surface area contributed by atoms with Crippen LogP contribution in [0.2, 0.25) is 0 Å². The van der Waals surface area contributed by atoms with Crippen LogP contribution in [0.3, 0.4) is 0 Å². The third-order valence-electron chi connectivity index (χ3n) is 5.33. The highest BCUT2D eigenvalue weighted by Crippen LogP contribution is 2.34. The largest absolute Gasteiger partial charge is 0.304 e. The van der Waals surface area contributed by atoms with Crippen LogP contribution in [0, 0.1) is 11.3 Å². The molecule has 23 heavy (non-hydrogen) atoms. The van der Waals surface area contributed by atoms with Crippen molar-refractivity contribution >= 4 is 16.5 Å². The molecule has 2 aromatic carbocycles. The first-order valence-corrected chi connectivity index (χ1v) is 8.79. The van der Waals surface area contributed by atoms with Gasteiger partial charge in [-0.25, -0.2) is 0 Å². The molecular weight excluding hydrogens is 278 g/mol. The van der Waals surface area contributed by atoms with Crippen LogP contribution in [0.1, 0.15) is 49.1 Å². The first-order valence-electron chi connectivity index (χ1n) is 8.79. The molecule has 0 unspecified atom stereocenters. The number of nitrogens with one attached hydrogen (secondary N) is 1. The van der Waals surface area contributed by atoms with Gasteiger partial charge in [0.05, 0.1) is 0 Å². The molecule has 4 rings (SSSR count). The molecule has 0 bridgehead atoms. The van der Waals surface area contributed by atoms with Gasteiger partial charge in [-0.15, -0.1) is 0 Å². The second-order valence-corrected chi connectivity index (χ2v) is 6.83. The van der Waals surface area contributed by atoms with Gasteiger partial charge in [-0.05, 0) is 41.3 Å². The van der Waals surface area contributed by atoms with Gasteiger partial charge in [0.15, 0.2) is 0 Å². The van der Waals surface area contributed by atoms with Gasteiger partial charge in [0.2, 0.25) is 0 Å². The first-order chi connectivity index (χ1) is 11.3. The average molecular weight is 301 g/mol. The number of benzene rings is 2. The molecule has 0 aliphatic heterocycles. The van der Waals surface area contributed by atoms with E-state index in [-0.39, 0.29) is 0 Å². The zero-order valence-corrected chi connectivity index (χ0v) is 13.5. The highest BCUT2D eigenvalue weighted by molar-refractivity contribution is 6.04. The molecule has 0 atom stereocenters. The van der Waals surface area contributed by atoms with Crippen LogP contribution in [-0.4, -0.2) is 5.71 Å². The number of fused-ring (bicyclic) bond motifs is 1. The van der Waals surface area contributed by atoms with E-state index in [0.717, 1.165) is 11.3 Å². The van der Waals surface area contributed by atoms with E-state index in [1.807, 2.05) is 0 Å². The maximum absolute atomic E-state index is 8.86. The molecule has 2 aliphatic carbocycles. The molecule has 116 valence electrons. The van der Waals surface area contributed by atoms with Crippen LogP contribution >= 0.6 is 0 Å². The molecule has 0 spiro atoms. The summed E-state index contributed by atoms with van der Waals surface area (Å²) in [6.07, 6.45) is 15.0. The number of rotatable bonds is 3. The molecule has 0 radical (unpaired) electrons. The first kappa shape index (κ1) is 14.4. The maximum atomic E-state index is 8.86. The summed E-state index contributed by atoms with van der Waals surface area (Å²) in [6, 6.07) is 13.1. The summed E-state index contributed by atoms with van der Waals surface area (Å²) in [6.45, 7) is 0. The van der Waals surface area contributed by atoms with Crippen LogP contribution < -0.4 is 0 Å².